The van der Waals surface area contributed by atoms with Crippen molar-refractivity contribution in [3.05, 3.63) is 35.9 Å². The highest BCUT2D eigenvalue weighted by atomic mass is 35.5. The molecule has 0 aliphatic carbocycles. The molecule has 0 fully saturated rings. The summed E-state index contributed by atoms with van der Waals surface area (Å²) >= 11 is 5.54. The summed E-state index contributed by atoms with van der Waals surface area (Å²) in [6.07, 6.45) is 0. The third kappa shape index (κ3) is 4.75. The van der Waals surface area contributed by atoms with Crippen molar-refractivity contribution in [3.63, 3.8) is 0 Å². The summed E-state index contributed by atoms with van der Waals surface area (Å²) in [6, 6.07) is 9.31. The van der Waals surface area contributed by atoms with Crippen molar-refractivity contribution in [1.82, 2.24) is 10.6 Å². The average Bonchev–Trinajstić information content (AvgIpc) is 2.36. The van der Waals surface area contributed by atoms with E-state index in [1.54, 1.807) is 0 Å². The van der Waals surface area contributed by atoms with Crippen LogP contribution in [0, 0.1) is 0 Å². The number of benzene rings is 1. The highest BCUT2D eigenvalue weighted by Crippen LogP contribution is 2.12. The molecule has 0 aromatic heterocycles. The van der Waals surface area contributed by atoms with Gasteiger partial charge in [0.25, 0.3) is 0 Å². The summed E-state index contributed by atoms with van der Waals surface area (Å²) in [5.41, 5.74) is 1.13. The Balaban J connectivity index is 2.37. The molecule has 4 nitrogen and oxygen atoms in total. The standard InChI is InChI=1S/C13H17ClN2O2/c1-9(11-6-4-3-5-7-11)8-15-13(18)16-12(17)10(2)14/h3-7,9-10H,8H2,1-2H3,(H2,15,16,17,18). The fourth-order valence-electron chi connectivity index (χ4n) is 1.40. The molecule has 0 saturated heterocycles. The monoisotopic (exact) mass is 268 g/mol. The van der Waals surface area contributed by atoms with E-state index in [0.29, 0.717) is 6.54 Å². The number of amides is 3. The van der Waals surface area contributed by atoms with Gasteiger partial charge in [0, 0.05) is 6.54 Å². The molecule has 0 bridgehead atoms. The maximum absolute atomic E-state index is 11.4. The Morgan fingerprint density at radius 2 is 1.83 bits per heavy atom. The minimum absolute atomic E-state index is 0.181. The summed E-state index contributed by atoms with van der Waals surface area (Å²) < 4.78 is 0. The molecule has 1 aromatic carbocycles. The third-order valence-electron chi connectivity index (χ3n) is 2.54. The van der Waals surface area contributed by atoms with Gasteiger partial charge in [0.1, 0.15) is 5.38 Å². The highest BCUT2D eigenvalue weighted by molar-refractivity contribution is 6.31. The lowest BCUT2D eigenvalue weighted by Crippen LogP contribution is -2.43. The minimum Gasteiger partial charge on any atom is -0.337 e. The van der Waals surface area contributed by atoms with E-state index in [1.807, 2.05) is 37.3 Å². The average molecular weight is 269 g/mol. The number of nitrogens with one attached hydrogen (secondary N) is 2. The first-order valence-corrected chi connectivity index (χ1v) is 6.22. The van der Waals surface area contributed by atoms with E-state index in [1.165, 1.54) is 6.92 Å². The number of hydrogen-bond acceptors (Lipinski definition) is 2. The molecule has 2 N–H and O–H groups in total. The van der Waals surface area contributed by atoms with Gasteiger partial charge in [-0.25, -0.2) is 4.79 Å². The van der Waals surface area contributed by atoms with Crippen LogP contribution in [-0.2, 0) is 4.79 Å². The van der Waals surface area contributed by atoms with Crippen molar-refractivity contribution in [2.45, 2.75) is 25.1 Å². The number of carbonyl (C=O) groups excluding carboxylic acids is 2. The Bertz CT molecular complexity index is 407. The van der Waals surface area contributed by atoms with Gasteiger partial charge in [0.05, 0.1) is 0 Å². The molecule has 5 heteroatoms. The molecule has 3 amide bonds. The molecule has 0 saturated carbocycles. The number of imide groups is 1. The van der Waals surface area contributed by atoms with Gasteiger partial charge in [0.15, 0.2) is 0 Å². The zero-order valence-corrected chi connectivity index (χ0v) is 11.2. The second kappa shape index (κ2) is 7.01. The molecular weight excluding hydrogens is 252 g/mol. The van der Waals surface area contributed by atoms with Crippen molar-refractivity contribution >= 4 is 23.5 Å². The van der Waals surface area contributed by atoms with Crippen LogP contribution in [0.5, 0.6) is 0 Å². The zero-order chi connectivity index (χ0) is 13.5. The van der Waals surface area contributed by atoms with Crippen LogP contribution in [0.1, 0.15) is 25.3 Å². The van der Waals surface area contributed by atoms with Crippen molar-refractivity contribution in [2.75, 3.05) is 6.54 Å². The van der Waals surface area contributed by atoms with Crippen molar-refractivity contribution < 1.29 is 9.59 Å². The first-order chi connectivity index (χ1) is 8.50. The lowest BCUT2D eigenvalue weighted by atomic mass is 10.0. The Labute approximate surface area is 112 Å². The third-order valence-corrected chi connectivity index (χ3v) is 2.73. The van der Waals surface area contributed by atoms with E-state index in [-0.39, 0.29) is 5.92 Å². The lowest BCUT2D eigenvalue weighted by Gasteiger charge is -2.13. The van der Waals surface area contributed by atoms with Crippen molar-refractivity contribution in [3.8, 4) is 0 Å². The first-order valence-electron chi connectivity index (χ1n) is 5.78. The summed E-state index contributed by atoms with van der Waals surface area (Å²) in [4.78, 5) is 22.6. The molecule has 98 valence electrons. The van der Waals surface area contributed by atoms with E-state index >= 15 is 0 Å². The SMILES string of the molecule is CC(Cl)C(=O)NC(=O)NCC(C)c1ccccc1. The molecule has 1 rings (SSSR count). The molecule has 2 atom stereocenters. The second-order valence-corrected chi connectivity index (χ2v) is 4.78. The quantitative estimate of drug-likeness (QED) is 0.823. The number of carbonyl (C=O) groups is 2. The molecule has 0 aliphatic heterocycles. The Hall–Kier alpha value is -1.55. The molecule has 0 spiro atoms. The van der Waals surface area contributed by atoms with E-state index < -0.39 is 17.3 Å². The van der Waals surface area contributed by atoms with Crippen molar-refractivity contribution in [2.24, 2.45) is 0 Å². The van der Waals surface area contributed by atoms with Gasteiger partial charge in [-0.15, -0.1) is 11.6 Å². The summed E-state index contributed by atoms with van der Waals surface area (Å²) in [7, 11) is 0. The Kier molecular flexibility index (Phi) is 5.65. The predicted molar refractivity (Wildman–Crippen MR) is 71.7 cm³/mol. The molecule has 1 aromatic rings. The second-order valence-electron chi connectivity index (χ2n) is 4.13. The van der Waals surface area contributed by atoms with Crippen LogP contribution in [0.25, 0.3) is 0 Å². The molecular formula is C13H17ClN2O2. The largest absolute Gasteiger partial charge is 0.337 e. The van der Waals surface area contributed by atoms with Crippen molar-refractivity contribution in [1.29, 1.82) is 0 Å². The van der Waals surface area contributed by atoms with Gasteiger partial charge in [-0.3, -0.25) is 10.1 Å². The van der Waals surface area contributed by atoms with Crippen LogP contribution in [0.3, 0.4) is 0 Å². The summed E-state index contributed by atoms with van der Waals surface area (Å²) in [6.45, 7) is 3.97. The fraction of sp³-hybridized carbons (Fsp3) is 0.385. The fourth-order valence-corrected chi connectivity index (χ4v) is 1.46. The van der Waals surface area contributed by atoms with E-state index in [0.717, 1.165) is 5.56 Å². The van der Waals surface area contributed by atoms with Crippen LogP contribution in [0.2, 0.25) is 0 Å². The van der Waals surface area contributed by atoms with E-state index in [4.69, 9.17) is 11.6 Å². The van der Waals surface area contributed by atoms with E-state index in [2.05, 4.69) is 10.6 Å². The number of urea groups is 1. The van der Waals surface area contributed by atoms with Gasteiger partial charge in [-0.2, -0.15) is 0 Å². The summed E-state index contributed by atoms with van der Waals surface area (Å²) in [5.74, 6) is -0.318. The van der Waals surface area contributed by atoms with Crippen LogP contribution < -0.4 is 10.6 Å². The maximum atomic E-state index is 11.4. The molecule has 0 radical (unpaired) electrons. The van der Waals surface area contributed by atoms with Crippen LogP contribution >= 0.6 is 11.6 Å². The zero-order valence-electron chi connectivity index (χ0n) is 10.4. The molecule has 2 unspecified atom stereocenters. The predicted octanol–water partition coefficient (Wildman–Crippen LogP) is 2.24. The molecule has 18 heavy (non-hydrogen) atoms. The van der Waals surface area contributed by atoms with Crippen LogP contribution in [0.15, 0.2) is 30.3 Å². The van der Waals surface area contributed by atoms with Gasteiger partial charge < -0.3 is 5.32 Å². The Morgan fingerprint density at radius 3 is 2.39 bits per heavy atom. The lowest BCUT2D eigenvalue weighted by molar-refractivity contribution is -0.119. The number of rotatable bonds is 4. The molecule has 0 aliphatic rings. The number of hydrogen-bond donors (Lipinski definition) is 2. The first kappa shape index (κ1) is 14.5. The Morgan fingerprint density at radius 1 is 1.22 bits per heavy atom. The number of halogens is 1. The van der Waals surface area contributed by atoms with Gasteiger partial charge in [0.2, 0.25) is 5.91 Å². The van der Waals surface area contributed by atoms with Gasteiger partial charge >= 0.3 is 6.03 Å². The minimum atomic E-state index is -0.720. The summed E-state index contributed by atoms with van der Waals surface area (Å²) in [5, 5.41) is 4.08. The van der Waals surface area contributed by atoms with Crippen LogP contribution in [-0.4, -0.2) is 23.9 Å². The van der Waals surface area contributed by atoms with Gasteiger partial charge in [-0.05, 0) is 18.4 Å². The normalized spacial score (nSPS) is 13.5. The van der Waals surface area contributed by atoms with Crippen LogP contribution in [0.4, 0.5) is 4.79 Å². The number of alkyl halides is 1. The maximum Gasteiger partial charge on any atom is 0.321 e. The van der Waals surface area contributed by atoms with Gasteiger partial charge in [-0.1, -0.05) is 37.3 Å². The smallest absolute Gasteiger partial charge is 0.321 e. The topological polar surface area (TPSA) is 58.2 Å². The highest BCUT2D eigenvalue weighted by Gasteiger charge is 2.13. The van der Waals surface area contributed by atoms with E-state index in [9.17, 15) is 9.59 Å². The molecule has 0 heterocycles.